The molecule has 1 aliphatic rings. The van der Waals surface area contributed by atoms with Crippen LogP contribution < -0.4 is 5.32 Å². The maximum Gasteiger partial charge on any atom is 0.0621 e. The summed E-state index contributed by atoms with van der Waals surface area (Å²) in [5, 5.41) is 3.73. The van der Waals surface area contributed by atoms with E-state index in [1.807, 2.05) is 0 Å². The maximum absolute atomic E-state index is 5.56. The van der Waals surface area contributed by atoms with Crippen LogP contribution in [0.1, 0.15) is 59.3 Å². The van der Waals surface area contributed by atoms with Crippen molar-refractivity contribution in [3.05, 3.63) is 0 Å². The molecule has 2 heteroatoms. The van der Waals surface area contributed by atoms with Crippen molar-refractivity contribution in [2.24, 2.45) is 11.8 Å². The minimum Gasteiger partial charge on any atom is -0.380 e. The van der Waals surface area contributed by atoms with E-state index in [-0.39, 0.29) is 0 Å². The largest absolute Gasteiger partial charge is 0.380 e. The van der Waals surface area contributed by atoms with Crippen LogP contribution in [0.2, 0.25) is 0 Å². The zero-order valence-corrected chi connectivity index (χ0v) is 12.0. The van der Waals surface area contributed by atoms with Gasteiger partial charge in [-0.05, 0) is 38.1 Å². The predicted octanol–water partition coefficient (Wildman–Crippen LogP) is 3.61. The van der Waals surface area contributed by atoms with Gasteiger partial charge in [0.1, 0.15) is 0 Å². The van der Waals surface area contributed by atoms with Gasteiger partial charge in [-0.2, -0.15) is 0 Å². The van der Waals surface area contributed by atoms with Gasteiger partial charge in [-0.15, -0.1) is 0 Å². The van der Waals surface area contributed by atoms with Gasteiger partial charge in [0.05, 0.1) is 6.61 Å². The monoisotopic (exact) mass is 241 g/mol. The molecule has 0 bridgehead atoms. The van der Waals surface area contributed by atoms with Gasteiger partial charge < -0.3 is 10.1 Å². The summed E-state index contributed by atoms with van der Waals surface area (Å²) in [4.78, 5) is 0. The van der Waals surface area contributed by atoms with Gasteiger partial charge in [0.25, 0.3) is 0 Å². The summed E-state index contributed by atoms with van der Waals surface area (Å²) in [6, 6.07) is 0.526. The van der Waals surface area contributed by atoms with Crippen LogP contribution in [0.5, 0.6) is 0 Å². The lowest BCUT2D eigenvalue weighted by atomic mass is 9.98. The second-order valence-corrected chi connectivity index (χ2v) is 5.78. The molecule has 17 heavy (non-hydrogen) atoms. The summed E-state index contributed by atoms with van der Waals surface area (Å²) in [5.41, 5.74) is 0. The van der Waals surface area contributed by atoms with Gasteiger partial charge in [0.15, 0.2) is 0 Å². The Labute approximate surface area is 108 Å². The molecule has 1 N–H and O–H groups in total. The van der Waals surface area contributed by atoms with E-state index in [0.717, 1.165) is 19.1 Å². The molecule has 1 atom stereocenters. The van der Waals surface area contributed by atoms with Gasteiger partial charge >= 0.3 is 0 Å². The number of rotatable bonds is 7. The van der Waals surface area contributed by atoms with Crippen LogP contribution in [0.3, 0.4) is 0 Å². The predicted molar refractivity (Wildman–Crippen MR) is 74.3 cm³/mol. The molecule has 0 aliphatic heterocycles. The van der Waals surface area contributed by atoms with Crippen LogP contribution in [0.25, 0.3) is 0 Å². The Morgan fingerprint density at radius 3 is 2.29 bits per heavy atom. The highest BCUT2D eigenvalue weighted by molar-refractivity contribution is 4.74. The first-order valence-corrected chi connectivity index (χ1v) is 7.55. The number of hydrogen-bond acceptors (Lipinski definition) is 2. The standard InChI is InChI=1S/C15H31NO/c1-4-17-12-15(13(2)3)16-11-14-9-7-5-6-8-10-14/h13-16H,4-12H2,1-3H3. The van der Waals surface area contributed by atoms with Gasteiger partial charge in [0, 0.05) is 12.6 Å². The molecule has 2 nitrogen and oxygen atoms in total. The van der Waals surface area contributed by atoms with Crippen molar-refractivity contribution < 1.29 is 4.74 Å². The topological polar surface area (TPSA) is 21.3 Å². The molecule has 1 aliphatic carbocycles. The van der Waals surface area contributed by atoms with Gasteiger partial charge in [-0.25, -0.2) is 0 Å². The Kier molecular flexibility index (Phi) is 7.87. The first-order valence-electron chi connectivity index (χ1n) is 7.55. The van der Waals surface area contributed by atoms with E-state index in [1.54, 1.807) is 0 Å². The molecule has 102 valence electrons. The molecule has 0 aromatic rings. The van der Waals surface area contributed by atoms with Crippen molar-refractivity contribution in [2.75, 3.05) is 19.8 Å². The van der Waals surface area contributed by atoms with Crippen molar-refractivity contribution in [1.82, 2.24) is 5.32 Å². The fourth-order valence-corrected chi connectivity index (χ4v) is 2.62. The SMILES string of the molecule is CCOCC(NCC1CCCCCC1)C(C)C. The molecular formula is C15H31NO. The van der Waals surface area contributed by atoms with Crippen LogP contribution in [0.15, 0.2) is 0 Å². The lowest BCUT2D eigenvalue weighted by Gasteiger charge is -2.25. The van der Waals surface area contributed by atoms with E-state index in [4.69, 9.17) is 4.74 Å². The fraction of sp³-hybridized carbons (Fsp3) is 1.00. The summed E-state index contributed by atoms with van der Waals surface area (Å²) in [6.07, 6.45) is 8.61. The Bertz CT molecular complexity index is 174. The average molecular weight is 241 g/mol. The summed E-state index contributed by atoms with van der Waals surface area (Å²) < 4.78 is 5.56. The molecule has 0 heterocycles. The number of nitrogens with one attached hydrogen (secondary N) is 1. The third-order valence-electron chi connectivity index (χ3n) is 3.95. The summed E-state index contributed by atoms with van der Waals surface area (Å²) in [7, 11) is 0. The highest BCUT2D eigenvalue weighted by Crippen LogP contribution is 2.22. The third kappa shape index (κ3) is 6.42. The third-order valence-corrected chi connectivity index (χ3v) is 3.95. The highest BCUT2D eigenvalue weighted by atomic mass is 16.5. The Hall–Kier alpha value is -0.0800. The molecular weight excluding hydrogens is 210 g/mol. The quantitative estimate of drug-likeness (QED) is 0.688. The second-order valence-electron chi connectivity index (χ2n) is 5.78. The van der Waals surface area contributed by atoms with Crippen LogP contribution in [0.4, 0.5) is 0 Å². The Morgan fingerprint density at radius 1 is 1.12 bits per heavy atom. The molecule has 0 aromatic heterocycles. The number of hydrogen-bond donors (Lipinski definition) is 1. The zero-order chi connectivity index (χ0) is 12.5. The Balaban J connectivity index is 2.24. The van der Waals surface area contributed by atoms with Gasteiger partial charge in [-0.1, -0.05) is 39.5 Å². The van der Waals surface area contributed by atoms with Crippen LogP contribution in [0, 0.1) is 11.8 Å². The van der Waals surface area contributed by atoms with E-state index in [1.165, 1.54) is 45.1 Å². The summed E-state index contributed by atoms with van der Waals surface area (Å²) in [6.45, 7) is 9.52. The summed E-state index contributed by atoms with van der Waals surface area (Å²) in [5.74, 6) is 1.56. The van der Waals surface area contributed by atoms with Crippen LogP contribution in [-0.4, -0.2) is 25.8 Å². The van der Waals surface area contributed by atoms with E-state index in [0.29, 0.717) is 12.0 Å². The van der Waals surface area contributed by atoms with E-state index >= 15 is 0 Å². The van der Waals surface area contributed by atoms with Crippen LogP contribution in [-0.2, 0) is 4.74 Å². The molecule has 0 saturated heterocycles. The molecule has 0 amide bonds. The zero-order valence-electron chi connectivity index (χ0n) is 12.0. The van der Waals surface area contributed by atoms with Crippen molar-refractivity contribution in [3.8, 4) is 0 Å². The molecule has 1 fully saturated rings. The van der Waals surface area contributed by atoms with Crippen LogP contribution >= 0.6 is 0 Å². The average Bonchev–Trinajstić information content (AvgIpc) is 2.57. The maximum atomic E-state index is 5.56. The van der Waals surface area contributed by atoms with Gasteiger partial charge in [-0.3, -0.25) is 0 Å². The molecule has 0 aromatic carbocycles. The van der Waals surface area contributed by atoms with Gasteiger partial charge in [0.2, 0.25) is 0 Å². The minimum atomic E-state index is 0.526. The lowest BCUT2D eigenvalue weighted by molar-refractivity contribution is 0.106. The Morgan fingerprint density at radius 2 is 1.76 bits per heavy atom. The van der Waals surface area contributed by atoms with E-state index < -0.39 is 0 Å². The van der Waals surface area contributed by atoms with Crippen molar-refractivity contribution >= 4 is 0 Å². The van der Waals surface area contributed by atoms with E-state index in [2.05, 4.69) is 26.1 Å². The molecule has 1 saturated carbocycles. The minimum absolute atomic E-state index is 0.526. The molecule has 0 spiro atoms. The first-order chi connectivity index (χ1) is 8.24. The first kappa shape index (κ1) is 15.0. The lowest BCUT2D eigenvalue weighted by Crippen LogP contribution is -2.40. The van der Waals surface area contributed by atoms with Crippen molar-refractivity contribution in [1.29, 1.82) is 0 Å². The van der Waals surface area contributed by atoms with Crippen molar-refractivity contribution in [3.63, 3.8) is 0 Å². The normalized spacial score (nSPS) is 20.5. The second kappa shape index (κ2) is 8.93. The van der Waals surface area contributed by atoms with Crippen molar-refractivity contribution in [2.45, 2.75) is 65.3 Å². The number of ether oxygens (including phenoxy) is 1. The fourth-order valence-electron chi connectivity index (χ4n) is 2.62. The smallest absolute Gasteiger partial charge is 0.0621 e. The summed E-state index contributed by atoms with van der Waals surface area (Å²) >= 11 is 0. The molecule has 0 radical (unpaired) electrons. The molecule has 1 rings (SSSR count). The highest BCUT2D eigenvalue weighted by Gasteiger charge is 2.17. The molecule has 1 unspecified atom stereocenters. The van der Waals surface area contributed by atoms with E-state index in [9.17, 15) is 0 Å².